The molecule has 0 bridgehead atoms. The zero-order chi connectivity index (χ0) is 13.8. The van der Waals surface area contributed by atoms with Gasteiger partial charge >= 0.3 is 0 Å². The number of hydrogen-bond acceptors (Lipinski definition) is 2. The van der Waals surface area contributed by atoms with Gasteiger partial charge in [0.15, 0.2) is 0 Å². The summed E-state index contributed by atoms with van der Waals surface area (Å²) < 4.78 is 5.86. The molecule has 1 saturated heterocycles. The van der Waals surface area contributed by atoms with Crippen molar-refractivity contribution < 1.29 is 4.74 Å². The number of benzene rings is 1. The van der Waals surface area contributed by atoms with E-state index in [1.165, 1.54) is 0 Å². The van der Waals surface area contributed by atoms with E-state index < -0.39 is 0 Å². The Morgan fingerprint density at radius 2 is 1.95 bits per heavy atom. The number of hydrogen-bond donors (Lipinski definition) is 1. The van der Waals surface area contributed by atoms with Crippen LogP contribution in [0.4, 0.5) is 0 Å². The summed E-state index contributed by atoms with van der Waals surface area (Å²) in [7, 11) is 0. The number of nitrogens with one attached hydrogen (secondary N) is 1. The van der Waals surface area contributed by atoms with Gasteiger partial charge in [-0.15, -0.1) is 0 Å². The fourth-order valence-electron chi connectivity index (χ4n) is 2.51. The highest BCUT2D eigenvalue weighted by atomic mass is 35.5. The summed E-state index contributed by atoms with van der Waals surface area (Å²) in [5.41, 5.74) is 1.09. The average molecular weight is 302 g/mol. The maximum atomic E-state index is 6.07. The summed E-state index contributed by atoms with van der Waals surface area (Å²) in [6, 6.07) is 5.67. The van der Waals surface area contributed by atoms with Gasteiger partial charge in [-0.1, -0.05) is 37.0 Å². The molecule has 0 aromatic heterocycles. The normalized spacial score (nSPS) is 23.2. The molecule has 1 aromatic carbocycles. The van der Waals surface area contributed by atoms with Crippen LogP contribution in [-0.2, 0) is 4.74 Å². The molecule has 1 heterocycles. The SMILES string of the molecule is CC(C)CNCC1CCOC1c1cc(Cl)cc(Cl)c1. The Hall–Kier alpha value is -0.280. The van der Waals surface area contributed by atoms with Crippen LogP contribution < -0.4 is 5.32 Å². The van der Waals surface area contributed by atoms with Crippen LogP contribution >= 0.6 is 23.2 Å². The van der Waals surface area contributed by atoms with E-state index in [2.05, 4.69) is 19.2 Å². The Labute approximate surface area is 125 Å². The number of halogens is 2. The second-order valence-electron chi connectivity index (χ2n) is 5.60. The second kappa shape index (κ2) is 6.94. The summed E-state index contributed by atoms with van der Waals surface area (Å²) in [5, 5.41) is 4.86. The van der Waals surface area contributed by atoms with Gasteiger partial charge in [0, 0.05) is 29.1 Å². The van der Waals surface area contributed by atoms with Crippen LogP contribution in [0.15, 0.2) is 18.2 Å². The maximum absolute atomic E-state index is 6.07. The zero-order valence-corrected chi connectivity index (χ0v) is 13.0. The lowest BCUT2D eigenvalue weighted by Crippen LogP contribution is -2.28. The minimum Gasteiger partial charge on any atom is -0.373 e. The van der Waals surface area contributed by atoms with Crippen LogP contribution in [0.2, 0.25) is 10.0 Å². The molecule has 1 fully saturated rings. The van der Waals surface area contributed by atoms with Crippen LogP contribution in [0.25, 0.3) is 0 Å². The van der Waals surface area contributed by atoms with Crippen LogP contribution in [0, 0.1) is 11.8 Å². The molecule has 0 aliphatic carbocycles. The van der Waals surface area contributed by atoms with Crippen LogP contribution in [0.5, 0.6) is 0 Å². The van der Waals surface area contributed by atoms with Crippen molar-refractivity contribution in [3.05, 3.63) is 33.8 Å². The van der Waals surface area contributed by atoms with Gasteiger partial charge in [-0.25, -0.2) is 0 Å². The van der Waals surface area contributed by atoms with Gasteiger partial charge in [-0.3, -0.25) is 0 Å². The molecular formula is C15H21Cl2NO. The fourth-order valence-corrected chi connectivity index (χ4v) is 3.05. The van der Waals surface area contributed by atoms with Crippen molar-refractivity contribution >= 4 is 23.2 Å². The van der Waals surface area contributed by atoms with Gasteiger partial charge in [0.1, 0.15) is 0 Å². The quantitative estimate of drug-likeness (QED) is 0.874. The first-order chi connectivity index (χ1) is 9.06. The highest BCUT2D eigenvalue weighted by Gasteiger charge is 2.29. The van der Waals surface area contributed by atoms with E-state index in [4.69, 9.17) is 27.9 Å². The molecule has 0 amide bonds. The van der Waals surface area contributed by atoms with Crippen molar-refractivity contribution in [3.63, 3.8) is 0 Å². The van der Waals surface area contributed by atoms with Crippen LogP contribution in [0.1, 0.15) is 31.9 Å². The molecule has 1 aliphatic heterocycles. The predicted octanol–water partition coefficient (Wildman–Crippen LogP) is 4.32. The lowest BCUT2D eigenvalue weighted by atomic mass is 9.95. The molecule has 19 heavy (non-hydrogen) atoms. The van der Waals surface area contributed by atoms with Crippen molar-refractivity contribution in [2.45, 2.75) is 26.4 Å². The standard InChI is InChI=1S/C15H21Cl2NO/c1-10(2)8-18-9-11-3-4-19-15(11)12-5-13(16)7-14(17)6-12/h5-7,10-11,15,18H,3-4,8-9H2,1-2H3. The molecule has 2 rings (SSSR count). The molecule has 2 unspecified atom stereocenters. The highest BCUT2D eigenvalue weighted by molar-refractivity contribution is 6.34. The van der Waals surface area contributed by atoms with E-state index >= 15 is 0 Å². The van der Waals surface area contributed by atoms with E-state index in [1.807, 2.05) is 12.1 Å². The van der Waals surface area contributed by atoms with Crippen molar-refractivity contribution in [1.82, 2.24) is 5.32 Å². The molecule has 4 heteroatoms. The van der Waals surface area contributed by atoms with Crippen molar-refractivity contribution in [3.8, 4) is 0 Å². The van der Waals surface area contributed by atoms with E-state index in [0.717, 1.165) is 31.7 Å². The summed E-state index contributed by atoms with van der Waals surface area (Å²) in [6.45, 7) is 7.26. The summed E-state index contributed by atoms with van der Waals surface area (Å²) >= 11 is 12.1. The molecule has 106 valence electrons. The van der Waals surface area contributed by atoms with Gasteiger partial charge in [0.05, 0.1) is 6.10 Å². The third-order valence-electron chi connectivity index (χ3n) is 3.39. The molecule has 0 radical (unpaired) electrons. The Balaban J connectivity index is 2.01. The third kappa shape index (κ3) is 4.35. The third-order valence-corrected chi connectivity index (χ3v) is 3.82. The molecule has 0 saturated carbocycles. The Morgan fingerprint density at radius 1 is 1.26 bits per heavy atom. The van der Waals surface area contributed by atoms with E-state index in [1.54, 1.807) is 6.07 Å². The minimum atomic E-state index is 0.107. The smallest absolute Gasteiger partial charge is 0.0867 e. The van der Waals surface area contributed by atoms with Crippen LogP contribution in [0.3, 0.4) is 0 Å². The number of ether oxygens (including phenoxy) is 1. The van der Waals surface area contributed by atoms with Crippen molar-refractivity contribution in [2.75, 3.05) is 19.7 Å². The molecular weight excluding hydrogens is 281 g/mol. The monoisotopic (exact) mass is 301 g/mol. The minimum absolute atomic E-state index is 0.107. The lowest BCUT2D eigenvalue weighted by Gasteiger charge is -2.20. The van der Waals surface area contributed by atoms with Gasteiger partial charge in [-0.2, -0.15) is 0 Å². The first-order valence-corrected chi connectivity index (χ1v) is 7.60. The Morgan fingerprint density at radius 3 is 2.58 bits per heavy atom. The molecule has 0 spiro atoms. The molecule has 1 N–H and O–H groups in total. The van der Waals surface area contributed by atoms with Crippen molar-refractivity contribution in [2.24, 2.45) is 11.8 Å². The fraction of sp³-hybridized carbons (Fsp3) is 0.600. The lowest BCUT2D eigenvalue weighted by molar-refractivity contribution is 0.0904. The predicted molar refractivity (Wildman–Crippen MR) is 81.0 cm³/mol. The van der Waals surface area contributed by atoms with Gasteiger partial charge < -0.3 is 10.1 Å². The average Bonchev–Trinajstić information content (AvgIpc) is 2.75. The highest BCUT2D eigenvalue weighted by Crippen LogP contribution is 2.36. The van der Waals surface area contributed by atoms with Crippen LogP contribution in [-0.4, -0.2) is 19.7 Å². The first-order valence-electron chi connectivity index (χ1n) is 6.84. The largest absolute Gasteiger partial charge is 0.373 e. The zero-order valence-electron chi connectivity index (χ0n) is 11.5. The van der Waals surface area contributed by atoms with Gasteiger partial charge in [-0.05, 0) is 42.6 Å². The Bertz CT molecular complexity index is 402. The van der Waals surface area contributed by atoms with Gasteiger partial charge in [0.2, 0.25) is 0 Å². The second-order valence-corrected chi connectivity index (χ2v) is 6.47. The maximum Gasteiger partial charge on any atom is 0.0867 e. The molecule has 1 aliphatic rings. The summed E-state index contributed by atoms with van der Waals surface area (Å²) in [6.07, 6.45) is 1.19. The summed E-state index contributed by atoms with van der Waals surface area (Å²) in [4.78, 5) is 0. The van der Waals surface area contributed by atoms with Gasteiger partial charge in [0.25, 0.3) is 0 Å². The van der Waals surface area contributed by atoms with Crippen molar-refractivity contribution in [1.29, 1.82) is 0 Å². The summed E-state index contributed by atoms with van der Waals surface area (Å²) in [5.74, 6) is 1.16. The van der Waals surface area contributed by atoms with E-state index in [0.29, 0.717) is 21.9 Å². The van der Waals surface area contributed by atoms with E-state index in [-0.39, 0.29) is 6.10 Å². The molecule has 1 aromatic rings. The molecule has 2 nitrogen and oxygen atoms in total. The first kappa shape index (κ1) is 15.1. The number of rotatable bonds is 5. The topological polar surface area (TPSA) is 21.3 Å². The Kier molecular flexibility index (Phi) is 5.52. The molecule has 2 atom stereocenters. The van der Waals surface area contributed by atoms with E-state index in [9.17, 15) is 0 Å².